The Kier molecular flexibility index (Phi) is 6.17. The van der Waals surface area contributed by atoms with Gasteiger partial charge in [-0.3, -0.25) is 9.69 Å². The summed E-state index contributed by atoms with van der Waals surface area (Å²) >= 11 is 0. The van der Waals surface area contributed by atoms with Crippen molar-refractivity contribution < 1.29 is 4.79 Å². The second kappa shape index (κ2) is 8.76. The number of amides is 1. The number of piperidine rings is 1. The van der Waals surface area contributed by atoms with E-state index in [4.69, 9.17) is 0 Å². The van der Waals surface area contributed by atoms with Gasteiger partial charge in [0.15, 0.2) is 0 Å². The lowest BCUT2D eigenvalue weighted by Crippen LogP contribution is -2.42. The zero-order valence-corrected chi connectivity index (χ0v) is 15.5. The monoisotopic (exact) mass is 353 g/mol. The highest BCUT2D eigenvalue weighted by Gasteiger charge is 2.25. The predicted molar refractivity (Wildman–Crippen MR) is 103 cm³/mol. The first-order chi connectivity index (χ1) is 12.7. The molecule has 1 atom stereocenters. The Bertz CT molecular complexity index is 696. The van der Waals surface area contributed by atoms with Crippen LogP contribution in [0.5, 0.6) is 0 Å². The van der Waals surface area contributed by atoms with E-state index in [1.807, 2.05) is 6.07 Å². The minimum absolute atomic E-state index is 0.140. The molecule has 0 radical (unpaired) electrons. The van der Waals surface area contributed by atoms with Gasteiger partial charge < -0.3 is 10.6 Å². The van der Waals surface area contributed by atoms with E-state index in [9.17, 15) is 4.79 Å². The summed E-state index contributed by atoms with van der Waals surface area (Å²) in [5, 5.41) is 5.91. The van der Waals surface area contributed by atoms with Crippen LogP contribution in [0.1, 0.15) is 41.7 Å². The van der Waals surface area contributed by atoms with Crippen LogP contribution in [0.4, 0.5) is 5.95 Å². The number of benzene rings is 1. The average Bonchev–Trinajstić information content (AvgIpc) is 2.70. The summed E-state index contributed by atoms with van der Waals surface area (Å²) in [7, 11) is 1.75. The molecule has 1 fully saturated rings. The zero-order chi connectivity index (χ0) is 18.4. The smallest absolute Gasteiger partial charge is 0.254 e. The SMILES string of the molecule is CNc1ncc(C(=O)NC[C@@H](c2ccccc2)N2CCC(C)CC2)cn1. The van der Waals surface area contributed by atoms with E-state index in [-0.39, 0.29) is 11.9 Å². The number of rotatable bonds is 6. The highest BCUT2D eigenvalue weighted by Crippen LogP contribution is 2.26. The van der Waals surface area contributed by atoms with Crippen molar-refractivity contribution in [3.8, 4) is 0 Å². The third-order valence-electron chi connectivity index (χ3n) is 5.04. The van der Waals surface area contributed by atoms with Crippen LogP contribution in [0.3, 0.4) is 0 Å². The number of hydrogen-bond acceptors (Lipinski definition) is 5. The van der Waals surface area contributed by atoms with Gasteiger partial charge in [-0.1, -0.05) is 37.3 Å². The summed E-state index contributed by atoms with van der Waals surface area (Å²) in [5.41, 5.74) is 1.72. The van der Waals surface area contributed by atoms with Gasteiger partial charge >= 0.3 is 0 Å². The van der Waals surface area contributed by atoms with Crippen molar-refractivity contribution in [2.75, 3.05) is 32.0 Å². The summed E-state index contributed by atoms with van der Waals surface area (Å²) in [6.07, 6.45) is 5.51. The van der Waals surface area contributed by atoms with Crippen LogP contribution >= 0.6 is 0 Å². The number of anilines is 1. The standard InChI is InChI=1S/C20H27N5O/c1-15-8-10-25(11-9-15)18(16-6-4-3-5-7-16)14-22-19(26)17-12-23-20(21-2)24-13-17/h3-7,12-13,15,18H,8-11,14H2,1-2H3,(H,22,26)(H,21,23,24)/t18-/m0/s1. The number of hydrogen-bond donors (Lipinski definition) is 2. The largest absolute Gasteiger partial charge is 0.357 e. The van der Waals surface area contributed by atoms with Crippen LogP contribution < -0.4 is 10.6 Å². The van der Waals surface area contributed by atoms with Crippen molar-refractivity contribution in [2.45, 2.75) is 25.8 Å². The molecular weight excluding hydrogens is 326 g/mol. The number of carbonyl (C=O) groups excluding carboxylic acids is 1. The van der Waals surface area contributed by atoms with Gasteiger partial charge in [0, 0.05) is 26.0 Å². The third kappa shape index (κ3) is 4.58. The Morgan fingerprint density at radius 1 is 1.19 bits per heavy atom. The molecule has 0 aliphatic carbocycles. The van der Waals surface area contributed by atoms with Gasteiger partial charge in [0.2, 0.25) is 5.95 Å². The topological polar surface area (TPSA) is 70.2 Å². The number of nitrogens with zero attached hydrogens (tertiary/aromatic N) is 3. The number of aromatic nitrogens is 2. The predicted octanol–water partition coefficient (Wildman–Crippen LogP) is 2.72. The molecule has 3 rings (SSSR count). The van der Waals surface area contributed by atoms with Gasteiger partial charge in [0.25, 0.3) is 5.91 Å². The van der Waals surface area contributed by atoms with Gasteiger partial charge in [0.05, 0.1) is 11.6 Å². The number of carbonyl (C=O) groups is 1. The van der Waals surface area contributed by atoms with Crippen molar-refractivity contribution in [2.24, 2.45) is 5.92 Å². The van der Waals surface area contributed by atoms with Gasteiger partial charge in [0.1, 0.15) is 0 Å². The first-order valence-electron chi connectivity index (χ1n) is 9.24. The average molecular weight is 353 g/mol. The summed E-state index contributed by atoms with van der Waals surface area (Å²) < 4.78 is 0. The van der Waals surface area contributed by atoms with E-state index in [0.29, 0.717) is 18.1 Å². The molecule has 2 N–H and O–H groups in total. The second-order valence-electron chi connectivity index (χ2n) is 6.90. The van der Waals surface area contributed by atoms with Crippen molar-refractivity contribution in [1.29, 1.82) is 0 Å². The summed E-state index contributed by atoms with van der Waals surface area (Å²) in [4.78, 5) is 23.2. The van der Waals surface area contributed by atoms with Crippen molar-refractivity contribution in [1.82, 2.24) is 20.2 Å². The fourth-order valence-electron chi connectivity index (χ4n) is 3.34. The Labute approximate surface area is 155 Å². The highest BCUT2D eigenvalue weighted by atomic mass is 16.1. The van der Waals surface area contributed by atoms with Crippen LogP contribution in [-0.4, -0.2) is 47.5 Å². The minimum Gasteiger partial charge on any atom is -0.357 e. The van der Waals surface area contributed by atoms with Crippen molar-refractivity contribution >= 4 is 11.9 Å². The Morgan fingerprint density at radius 3 is 2.46 bits per heavy atom. The molecule has 1 aliphatic rings. The van der Waals surface area contributed by atoms with Crippen LogP contribution in [0.2, 0.25) is 0 Å². The van der Waals surface area contributed by atoms with E-state index in [1.54, 1.807) is 19.4 Å². The minimum atomic E-state index is -0.140. The molecule has 2 aromatic rings. The molecule has 1 aromatic heterocycles. The molecule has 1 saturated heterocycles. The normalized spacial score (nSPS) is 16.8. The lowest BCUT2D eigenvalue weighted by molar-refractivity contribution is 0.0912. The summed E-state index contributed by atoms with van der Waals surface area (Å²) in [5.74, 6) is 1.14. The maximum absolute atomic E-state index is 12.5. The molecule has 0 bridgehead atoms. The first-order valence-corrected chi connectivity index (χ1v) is 9.24. The van der Waals surface area contributed by atoms with Gasteiger partial charge in [-0.2, -0.15) is 0 Å². The fraction of sp³-hybridized carbons (Fsp3) is 0.450. The molecule has 2 heterocycles. The Morgan fingerprint density at radius 2 is 1.85 bits per heavy atom. The van der Waals surface area contributed by atoms with E-state index < -0.39 is 0 Å². The molecule has 1 aliphatic heterocycles. The molecule has 0 spiro atoms. The molecule has 138 valence electrons. The van der Waals surface area contributed by atoms with Crippen LogP contribution in [-0.2, 0) is 0 Å². The Hall–Kier alpha value is -2.47. The number of nitrogens with one attached hydrogen (secondary N) is 2. The molecule has 6 nitrogen and oxygen atoms in total. The van der Waals surface area contributed by atoms with Crippen LogP contribution in [0.25, 0.3) is 0 Å². The van der Waals surface area contributed by atoms with Crippen molar-refractivity contribution in [3.05, 3.63) is 53.9 Å². The first kappa shape index (κ1) is 18.3. The third-order valence-corrected chi connectivity index (χ3v) is 5.04. The quantitative estimate of drug-likeness (QED) is 0.836. The molecule has 26 heavy (non-hydrogen) atoms. The van der Waals surface area contributed by atoms with Gasteiger partial charge in [-0.15, -0.1) is 0 Å². The van der Waals surface area contributed by atoms with E-state index in [1.165, 1.54) is 18.4 Å². The van der Waals surface area contributed by atoms with Crippen LogP contribution in [0.15, 0.2) is 42.7 Å². The molecule has 0 unspecified atom stereocenters. The van der Waals surface area contributed by atoms with E-state index in [2.05, 4.69) is 56.7 Å². The maximum atomic E-state index is 12.5. The molecular formula is C20H27N5O. The molecule has 1 aromatic carbocycles. The lowest BCUT2D eigenvalue weighted by Gasteiger charge is -2.37. The summed E-state index contributed by atoms with van der Waals surface area (Å²) in [6, 6.07) is 10.6. The molecule has 0 saturated carbocycles. The Balaban J connectivity index is 1.68. The number of likely N-dealkylation sites (tertiary alicyclic amines) is 1. The van der Waals surface area contributed by atoms with E-state index >= 15 is 0 Å². The highest BCUT2D eigenvalue weighted by molar-refractivity contribution is 5.93. The van der Waals surface area contributed by atoms with Gasteiger partial charge in [-0.05, 0) is 37.4 Å². The fourth-order valence-corrected chi connectivity index (χ4v) is 3.34. The summed E-state index contributed by atoms with van der Waals surface area (Å²) in [6.45, 7) is 5.02. The van der Waals surface area contributed by atoms with Gasteiger partial charge in [-0.25, -0.2) is 9.97 Å². The van der Waals surface area contributed by atoms with E-state index in [0.717, 1.165) is 19.0 Å². The maximum Gasteiger partial charge on any atom is 0.254 e. The lowest BCUT2D eigenvalue weighted by atomic mass is 9.95. The zero-order valence-electron chi connectivity index (χ0n) is 15.5. The molecule has 1 amide bonds. The second-order valence-corrected chi connectivity index (χ2v) is 6.90. The molecule has 6 heteroatoms. The van der Waals surface area contributed by atoms with Crippen molar-refractivity contribution in [3.63, 3.8) is 0 Å². The van der Waals surface area contributed by atoms with Crippen LogP contribution in [0, 0.1) is 5.92 Å².